The summed E-state index contributed by atoms with van der Waals surface area (Å²) >= 11 is 0. The van der Waals surface area contributed by atoms with Gasteiger partial charge >= 0.3 is 0 Å². The molecule has 5 heteroatoms. The zero-order chi connectivity index (χ0) is 22.8. The molecule has 0 aliphatic carbocycles. The number of fused-ring (bicyclic) bond motifs is 1. The maximum absolute atomic E-state index is 12.9. The Morgan fingerprint density at radius 1 is 0.879 bits per heavy atom. The first-order valence-electron chi connectivity index (χ1n) is 11.2. The highest BCUT2D eigenvalue weighted by Crippen LogP contribution is 2.43. The number of carbonyl (C=O) groups is 2. The molecule has 2 amide bonds. The molecule has 0 saturated carbocycles. The molecule has 166 valence electrons. The van der Waals surface area contributed by atoms with Crippen molar-refractivity contribution in [3.05, 3.63) is 107 Å². The van der Waals surface area contributed by atoms with Gasteiger partial charge in [-0.2, -0.15) is 0 Å². The molecule has 3 aromatic carbocycles. The van der Waals surface area contributed by atoms with E-state index in [0.717, 1.165) is 16.7 Å². The number of aliphatic hydroxyl groups is 1. The predicted molar refractivity (Wildman–Crippen MR) is 128 cm³/mol. The van der Waals surface area contributed by atoms with E-state index in [1.165, 1.54) is 0 Å². The number of nitrogens with zero attached hydrogens (tertiary/aromatic N) is 2. The van der Waals surface area contributed by atoms with E-state index in [1.54, 1.807) is 21.9 Å². The lowest BCUT2D eigenvalue weighted by Gasteiger charge is -2.58. The summed E-state index contributed by atoms with van der Waals surface area (Å²) in [4.78, 5) is 29.2. The molecule has 2 fully saturated rings. The third-order valence-corrected chi connectivity index (χ3v) is 6.65. The first-order chi connectivity index (χ1) is 16.2. The molecule has 1 N–H and O–H groups in total. The van der Waals surface area contributed by atoms with Crippen molar-refractivity contribution in [3.63, 3.8) is 0 Å². The Balaban J connectivity index is 1.34. The van der Waals surface area contributed by atoms with Crippen LogP contribution in [0, 0.1) is 0 Å². The van der Waals surface area contributed by atoms with Crippen LogP contribution in [0.2, 0.25) is 0 Å². The summed E-state index contributed by atoms with van der Waals surface area (Å²) in [5.41, 5.74) is 3.89. The van der Waals surface area contributed by atoms with Gasteiger partial charge in [0.05, 0.1) is 18.7 Å². The fourth-order valence-electron chi connectivity index (χ4n) is 5.00. The van der Waals surface area contributed by atoms with Gasteiger partial charge in [-0.3, -0.25) is 9.59 Å². The summed E-state index contributed by atoms with van der Waals surface area (Å²) in [6.45, 7) is 0.433. The molecule has 2 heterocycles. The Hall–Kier alpha value is -3.70. The average Bonchev–Trinajstić information content (AvgIpc) is 2.85. The molecule has 3 aromatic rings. The molecular formula is C28H26N2O3. The van der Waals surface area contributed by atoms with Crippen LogP contribution in [-0.2, 0) is 4.79 Å². The van der Waals surface area contributed by atoms with Gasteiger partial charge in [-0.1, -0.05) is 84.9 Å². The van der Waals surface area contributed by atoms with Gasteiger partial charge in [0.25, 0.3) is 5.91 Å². The number of amides is 2. The van der Waals surface area contributed by atoms with E-state index in [1.807, 2.05) is 36.4 Å². The number of aliphatic hydroxyl groups excluding tert-OH is 1. The van der Waals surface area contributed by atoms with Crippen molar-refractivity contribution in [2.45, 2.75) is 18.0 Å². The molecule has 33 heavy (non-hydrogen) atoms. The summed E-state index contributed by atoms with van der Waals surface area (Å²) < 4.78 is 0. The number of hydrogen-bond acceptors (Lipinski definition) is 3. The fraction of sp³-hybridized carbons (Fsp3) is 0.214. The Morgan fingerprint density at radius 2 is 1.48 bits per heavy atom. The maximum Gasteiger partial charge on any atom is 0.254 e. The molecular weight excluding hydrogens is 412 g/mol. The van der Waals surface area contributed by atoms with Crippen molar-refractivity contribution in [2.75, 3.05) is 19.7 Å². The minimum Gasteiger partial charge on any atom is -0.394 e. The monoisotopic (exact) mass is 438 g/mol. The standard InChI is InChI=1S/C28H26N2O3/c31-19-25-27(22-15-13-21(14-16-22)12-11-20-7-3-1-4-8-20)24-17-29(18-26(32)30(24)25)28(33)23-9-5-2-6-10-23/h1-16,24-25,27,31H,17-19H2/b12-11+/t24-,25-,27-/m1/s1. The highest BCUT2D eigenvalue weighted by Gasteiger charge is 2.54. The molecule has 0 bridgehead atoms. The lowest BCUT2D eigenvalue weighted by Crippen LogP contribution is -2.73. The van der Waals surface area contributed by atoms with Crippen molar-refractivity contribution in [1.82, 2.24) is 9.80 Å². The Morgan fingerprint density at radius 3 is 2.12 bits per heavy atom. The fourth-order valence-corrected chi connectivity index (χ4v) is 5.00. The van der Waals surface area contributed by atoms with Crippen molar-refractivity contribution >= 4 is 24.0 Å². The highest BCUT2D eigenvalue weighted by atomic mass is 16.3. The van der Waals surface area contributed by atoms with E-state index in [-0.39, 0.29) is 43.0 Å². The van der Waals surface area contributed by atoms with E-state index >= 15 is 0 Å². The summed E-state index contributed by atoms with van der Waals surface area (Å²) in [5, 5.41) is 10.0. The third-order valence-electron chi connectivity index (χ3n) is 6.65. The number of benzene rings is 3. The molecule has 5 nitrogen and oxygen atoms in total. The third kappa shape index (κ3) is 4.08. The maximum atomic E-state index is 12.9. The summed E-state index contributed by atoms with van der Waals surface area (Å²) in [5.74, 6) is -0.234. The molecule has 0 radical (unpaired) electrons. The van der Waals surface area contributed by atoms with Gasteiger partial charge in [-0.15, -0.1) is 0 Å². The second-order valence-electron chi connectivity index (χ2n) is 8.61. The van der Waals surface area contributed by atoms with Crippen molar-refractivity contribution in [2.24, 2.45) is 0 Å². The number of carbonyl (C=O) groups excluding carboxylic acids is 2. The number of rotatable bonds is 5. The summed E-state index contributed by atoms with van der Waals surface area (Å²) in [6.07, 6.45) is 4.14. The van der Waals surface area contributed by atoms with Crippen LogP contribution in [0.5, 0.6) is 0 Å². The smallest absolute Gasteiger partial charge is 0.254 e. The van der Waals surface area contributed by atoms with Crippen molar-refractivity contribution in [1.29, 1.82) is 0 Å². The summed E-state index contributed by atoms with van der Waals surface area (Å²) in [7, 11) is 0. The number of piperazine rings is 1. The minimum atomic E-state index is -0.248. The van der Waals surface area contributed by atoms with E-state index in [4.69, 9.17) is 0 Å². The van der Waals surface area contributed by atoms with Crippen LogP contribution < -0.4 is 0 Å². The molecule has 3 atom stereocenters. The quantitative estimate of drug-likeness (QED) is 0.619. The highest BCUT2D eigenvalue weighted by molar-refractivity contribution is 5.97. The van der Waals surface area contributed by atoms with Gasteiger partial charge < -0.3 is 14.9 Å². The molecule has 5 rings (SSSR count). The van der Waals surface area contributed by atoms with Crippen LogP contribution in [0.25, 0.3) is 12.2 Å². The van der Waals surface area contributed by atoms with Gasteiger partial charge in [0, 0.05) is 18.0 Å². The van der Waals surface area contributed by atoms with E-state index in [9.17, 15) is 14.7 Å². The molecule has 2 aliphatic rings. The average molecular weight is 439 g/mol. The Kier molecular flexibility index (Phi) is 5.80. The first-order valence-corrected chi connectivity index (χ1v) is 11.2. The van der Waals surface area contributed by atoms with Crippen LogP contribution >= 0.6 is 0 Å². The number of hydrogen-bond donors (Lipinski definition) is 1. The molecule has 2 aliphatic heterocycles. The van der Waals surface area contributed by atoms with Crippen molar-refractivity contribution in [3.8, 4) is 0 Å². The van der Waals surface area contributed by atoms with Crippen LogP contribution in [0.1, 0.15) is 33.0 Å². The van der Waals surface area contributed by atoms with Crippen LogP contribution in [0.15, 0.2) is 84.9 Å². The lowest BCUT2D eigenvalue weighted by atomic mass is 9.73. The normalized spacial score (nSPS) is 22.2. The second-order valence-corrected chi connectivity index (χ2v) is 8.61. The lowest BCUT2D eigenvalue weighted by molar-refractivity contribution is -0.159. The Bertz CT molecular complexity index is 1160. The van der Waals surface area contributed by atoms with Crippen molar-refractivity contribution < 1.29 is 14.7 Å². The van der Waals surface area contributed by atoms with Crippen LogP contribution in [0.4, 0.5) is 0 Å². The van der Waals surface area contributed by atoms with Gasteiger partial charge in [-0.05, 0) is 28.8 Å². The van der Waals surface area contributed by atoms with E-state index < -0.39 is 0 Å². The van der Waals surface area contributed by atoms with Gasteiger partial charge in [0.1, 0.15) is 6.54 Å². The van der Waals surface area contributed by atoms with E-state index in [0.29, 0.717) is 12.1 Å². The summed E-state index contributed by atoms with van der Waals surface area (Å²) in [6, 6.07) is 27.1. The molecule has 0 spiro atoms. The van der Waals surface area contributed by atoms with Gasteiger partial charge in [0.2, 0.25) is 5.91 Å². The van der Waals surface area contributed by atoms with E-state index in [2.05, 4.69) is 48.6 Å². The zero-order valence-electron chi connectivity index (χ0n) is 18.2. The minimum absolute atomic E-state index is 0.00234. The molecule has 2 saturated heterocycles. The van der Waals surface area contributed by atoms with Gasteiger partial charge in [-0.25, -0.2) is 0 Å². The van der Waals surface area contributed by atoms with Crippen LogP contribution in [0.3, 0.4) is 0 Å². The zero-order valence-corrected chi connectivity index (χ0v) is 18.2. The Labute approximate surface area is 193 Å². The topological polar surface area (TPSA) is 60.9 Å². The molecule has 0 unspecified atom stereocenters. The SMILES string of the molecule is O=C(c1ccccc1)N1CC(=O)N2[C@H](CO)[C@H](c3ccc(/C=C/c4ccccc4)cc3)[C@H]2C1. The first kappa shape index (κ1) is 21.2. The molecule has 0 aromatic heterocycles. The largest absolute Gasteiger partial charge is 0.394 e. The second kappa shape index (κ2) is 9.04. The van der Waals surface area contributed by atoms with Gasteiger partial charge in [0.15, 0.2) is 0 Å². The predicted octanol–water partition coefficient (Wildman–Crippen LogP) is 3.67. The van der Waals surface area contributed by atoms with Crippen LogP contribution in [-0.4, -0.2) is 58.5 Å².